The van der Waals surface area contributed by atoms with Crippen LogP contribution in [0, 0.1) is 17.8 Å². The van der Waals surface area contributed by atoms with Gasteiger partial charge in [-0.05, 0) is 104 Å². The Morgan fingerprint density at radius 2 is 1.73 bits per heavy atom. The molecule has 0 saturated heterocycles. The number of hydrogen-bond acceptors (Lipinski definition) is 7. The summed E-state index contributed by atoms with van der Waals surface area (Å²) < 4.78 is 13.1. The highest BCUT2D eigenvalue weighted by Gasteiger charge is 2.48. The molecular weight excluding hydrogens is 560 g/mol. The number of nitrogens with one attached hydrogen (secondary N) is 4. The Hall–Kier alpha value is -3.60. The average molecular weight is 609 g/mol. The minimum atomic E-state index is -0.638. The number of alkyl carbamates (subject to hydrolysis) is 1. The van der Waals surface area contributed by atoms with E-state index in [0.29, 0.717) is 42.1 Å². The molecule has 1 aromatic carbocycles. The Kier molecular flexibility index (Phi) is 8.98. The summed E-state index contributed by atoms with van der Waals surface area (Å²) in [7, 11) is 0. The molecule has 3 amide bonds. The molecule has 2 fully saturated rings. The van der Waals surface area contributed by atoms with Crippen molar-refractivity contribution in [2.75, 3.05) is 18.5 Å². The molecule has 44 heavy (non-hydrogen) atoms. The third kappa shape index (κ3) is 7.91. The maximum absolute atomic E-state index is 13.8. The number of fused-ring (bicyclic) bond motifs is 1. The molecular formula is C33H48N6O5. The Balaban J connectivity index is 1.24. The number of carbonyl (C=O) groups is 3. The standard InChI is InChI=1S/C33H48N6O5/c1-19(2)39-25(14-15-35-39)29(40)37-28(27(20-8-9-20)21-10-11-21)30(41)36-22-12-13-23-24(17-43-26(23)16-22)34-18-33(6,7)38-31(42)44-32(3,4)5/h12-16,19-21,24,27-28,34H,8-11,17-18H2,1-7H3,(H,36,41)(H,37,40)(H,38,42)/t24-,28+/m1/s1. The molecule has 240 valence electrons. The monoisotopic (exact) mass is 608 g/mol. The number of aromatic nitrogens is 2. The third-order valence-electron chi connectivity index (χ3n) is 8.37. The number of amides is 3. The van der Waals surface area contributed by atoms with Crippen molar-refractivity contribution in [2.24, 2.45) is 17.8 Å². The molecule has 2 aliphatic carbocycles. The molecule has 3 aliphatic rings. The molecule has 0 unspecified atom stereocenters. The summed E-state index contributed by atoms with van der Waals surface area (Å²) in [4.78, 5) is 39.5. The van der Waals surface area contributed by atoms with Crippen molar-refractivity contribution in [2.45, 2.75) is 103 Å². The fourth-order valence-corrected chi connectivity index (χ4v) is 6.03. The average Bonchev–Trinajstić information content (AvgIpc) is 3.84. The lowest BCUT2D eigenvalue weighted by Crippen LogP contribution is -2.52. The summed E-state index contributed by atoms with van der Waals surface area (Å²) in [5.41, 5.74) is 0.941. The van der Waals surface area contributed by atoms with E-state index in [0.717, 1.165) is 31.2 Å². The third-order valence-corrected chi connectivity index (χ3v) is 8.37. The molecule has 0 radical (unpaired) electrons. The van der Waals surface area contributed by atoms with Gasteiger partial charge in [-0.1, -0.05) is 6.07 Å². The first-order valence-electron chi connectivity index (χ1n) is 15.9. The van der Waals surface area contributed by atoms with Crippen LogP contribution in [0.1, 0.15) is 102 Å². The van der Waals surface area contributed by atoms with Gasteiger partial charge in [0.2, 0.25) is 5.91 Å². The van der Waals surface area contributed by atoms with Gasteiger partial charge in [0, 0.05) is 36.1 Å². The quantitative estimate of drug-likeness (QED) is 0.267. The zero-order valence-electron chi connectivity index (χ0n) is 27.0. The van der Waals surface area contributed by atoms with Gasteiger partial charge in [-0.3, -0.25) is 14.3 Å². The van der Waals surface area contributed by atoms with Gasteiger partial charge in [0.25, 0.3) is 5.91 Å². The van der Waals surface area contributed by atoms with Crippen molar-refractivity contribution in [1.82, 2.24) is 25.7 Å². The largest absolute Gasteiger partial charge is 0.491 e. The smallest absolute Gasteiger partial charge is 0.408 e. The lowest BCUT2D eigenvalue weighted by atomic mass is 9.88. The first kappa shape index (κ1) is 31.8. The predicted octanol–water partition coefficient (Wildman–Crippen LogP) is 4.96. The number of carbonyl (C=O) groups excluding carboxylic acids is 3. The van der Waals surface area contributed by atoms with Gasteiger partial charge in [-0.2, -0.15) is 5.10 Å². The van der Waals surface area contributed by atoms with Crippen LogP contribution in [0.4, 0.5) is 10.5 Å². The van der Waals surface area contributed by atoms with Gasteiger partial charge in [0.05, 0.1) is 11.6 Å². The minimum Gasteiger partial charge on any atom is -0.491 e. The van der Waals surface area contributed by atoms with Crippen molar-refractivity contribution in [3.05, 3.63) is 41.7 Å². The van der Waals surface area contributed by atoms with Crippen LogP contribution in [0.3, 0.4) is 0 Å². The second-order valence-electron chi connectivity index (χ2n) is 14.5. The Morgan fingerprint density at radius 1 is 1.05 bits per heavy atom. The minimum absolute atomic E-state index is 0.0257. The molecule has 0 spiro atoms. The number of nitrogens with zero attached hydrogens (tertiary/aromatic N) is 2. The second kappa shape index (κ2) is 12.4. The van der Waals surface area contributed by atoms with Crippen molar-refractivity contribution >= 4 is 23.6 Å². The van der Waals surface area contributed by atoms with Crippen LogP contribution in [0.25, 0.3) is 0 Å². The van der Waals surface area contributed by atoms with Gasteiger partial charge in [-0.15, -0.1) is 0 Å². The molecule has 1 aromatic heterocycles. The Labute approximate surface area is 260 Å². The van der Waals surface area contributed by atoms with Crippen LogP contribution in [0.2, 0.25) is 0 Å². The van der Waals surface area contributed by atoms with Crippen LogP contribution in [0.15, 0.2) is 30.5 Å². The maximum atomic E-state index is 13.8. The maximum Gasteiger partial charge on any atom is 0.408 e. The SMILES string of the molecule is CC(C)n1nccc1C(=O)N[C@H](C(=O)Nc1ccc2c(c1)OC[C@H]2NCC(C)(C)NC(=O)OC(C)(C)C)C(C1CC1)C1CC1. The summed E-state index contributed by atoms with van der Waals surface area (Å²) in [6.07, 6.45) is 5.53. The van der Waals surface area contributed by atoms with Crippen molar-refractivity contribution in [3.8, 4) is 5.75 Å². The summed E-state index contributed by atoms with van der Waals surface area (Å²) in [5, 5.41) is 16.9. The highest BCUT2D eigenvalue weighted by molar-refractivity contribution is 6.01. The van der Waals surface area contributed by atoms with Crippen molar-refractivity contribution < 1.29 is 23.9 Å². The van der Waals surface area contributed by atoms with Gasteiger partial charge in [0.15, 0.2) is 0 Å². The molecule has 11 heteroatoms. The van der Waals surface area contributed by atoms with E-state index in [2.05, 4.69) is 26.4 Å². The molecule has 2 aromatic rings. The van der Waals surface area contributed by atoms with Crippen molar-refractivity contribution in [3.63, 3.8) is 0 Å². The van der Waals surface area contributed by atoms with E-state index in [1.165, 1.54) is 0 Å². The molecule has 4 N–H and O–H groups in total. The highest BCUT2D eigenvalue weighted by Crippen LogP contribution is 2.51. The number of rotatable bonds is 12. The van der Waals surface area contributed by atoms with E-state index in [-0.39, 0.29) is 29.8 Å². The number of ether oxygens (including phenoxy) is 2. The van der Waals surface area contributed by atoms with E-state index in [1.54, 1.807) is 16.9 Å². The van der Waals surface area contributed by atoms with Crippen LogP contribution in [-0.4, -0.2) is 58.0 Å². The van der Waals surface area contributed by atoms with Crippen LogP contribution in [-0.2, 0) is 9.53 Å². The molecule has 11 nitrogen and oxygen atoms in total. The van der Waals surface area contributed by atoms with E-state index < -0.39 is 23.3 Å². The number of anilines is 1. The number of hydrogen-bond donors (Lipinski definition) is 4. The molecule has 5 rings (SSSR count). The van der Waals surface area contributed by atoms with E-state index in [4.69, 9.17) is 9.47 Å². The Bertz CT molecular complexity index is 1360. The lowest BCUT2D eigenvalue weighted by Gasteiger charge is -2.30. The van der Waals surface area contributed by atoms with Gasteiger partial charge < -0.3 is 30.7 Å². The first-order valence-corrected chi connectivity index (χ1v) is 15.9. The van der Waals surface area contributed by atoms with Crippen LogP contribution < -0.4 is 26.0 Å². The van der Waals surface area contributed by atoms with Crippen molar-refractivity contribution in [1.29, 1.82) is 0 Å². The molecule has 2 heterocycles. The summed E-state index contributed by atoms with van der Waals surface area (Å²) >= 11 is 0. The molecule has 2 saturated carbocycles. The van der Waals surface area contributed by atoms with Gasteiger partial charge in [-0.25, -0.2) is 4.79 Å². The molecule has 1 aliphatic heterocycles. The fraction of sp³-hybridized carbons (Fsp3) is 0.636. The van der Waals surface area contributed by atoms with Crippen LogP contribution >= 0.6 is 0 Å². The first-order chi connectivity index (χ1) is 20.7. The zero-order chi connectivity index (χ0) is 31.8. The topological polar surface area (TPSA) is 136 Å². The summed E-state index contributed by atoms with van der Waals surface area (Å²) in [6.45, 7) is 14.2. The second-order valence-corrected chi connectivity index (χ2v) is 14.5. The lowest BCUT2D eigenvalue weighted by molar-refractivity contribution is -0.119. The van der Waals surface area contributed by atoms with E-state index in [9.17, 15) is 14.4 Å². The molecule has 0 bridgehead atoms. The zero-order valence-corrected chi connectivity index (χ0v) is 27.0. The van der Waals surface area contributed by atoms with Crippen LogP contribution in [0.5, 0.6) is 5.75 Å². The molecule has 2 atom stereocenters. The summed E-state index contributed by atoms with van der Waals surface area (Å²) in [5.74, 6) is 1.24. The van der Waals surface area contributed by atoms with E-state index >= 15 is 0 Å². The summed E-state index contributed by atoms with van der Waals surface area (Å²) in [6, 6.07) is 6.69. The fourth-order valence-electron chi connectivity index (χ4n) is 6.03. The Morgan fingerprint density at radius 3 is 2.34 bits per heavy atom. The van der Waals surface area contributed by atoms with Gasteiger partial charge >= 0.3 is 6.09 Å². The van der Waals surface area contributed by atoms with E-state index in [1.807, 2.05) is 66.7 Å². The number of benzene rings is 1. The normalized spacial score (nSPS) is 18.9. The predicted molar refractivity (Wildman–Crippen MR) is 168 cm³/mol. The highest BCUT2D eigenvalue weighted by atomic mass is 16.6. The van der Waals surface area contributed by atoms with Gasteiger partial charge in [0.1, 0.15) is 29.7 Å².